The molecule has 1 fully saturated rings. The third kappa shape index (κ3) is 11.1. The van der Waals surface area contributed by atoms with Gasteiger partial charge in [0.1, 0.15) is 24.6 Å². The number of primary amides is 1. The molecule has 1 saturated carbocycles. The maximum Gasteiger partial charge on any atom is 0.242 e. The topological polar surface area (TPSA) is 191 Å². The summed E-state index contributed by atoms with van der Waals surface area (Å²) >= 11 is 0. The number of benzene rings is 3. The van der Waals surface area contributed by atoms with E-state index in [0.717, 1.165) is 18.4 Å². The van der Waals surface area contributed by atoms with Gasteiger partial charge in [-0.3, -0.25) is 24.0 Å². The Balaban J connectivity index is 1.59. The van der Waals surface area contributed by atoms with Crippen LogP contribution in [0.3, 0.4) is 0 Å². The maximum atomic E-state index is 14.1. The summed E-state index contributed by atoms with van der Waals surface area (Å²) in [5.74, 6) is -2.34. The Hall–Kier alpha value is -5.43. The van der Waals surface area contributed by atoms with E-state index >= 15 is 0 Å². The van der Waals surface area contributed by atoms with Crippen molar-refractivity contribution in [2.24, 2.45) is 17.4 Å². The monoisotopic (exact) mass is 658 g/mol. The van der Waals surface area contributed by atoms with E-state index in [0.29, 0.717) is 23.6 Å². The molecule has 3 aromatic carbocycles. The normalized spacial score (nSPS) is 12.2. The van der Waals surface area contributed by atoms with Crippen LogP contribution in [-0.4, -0.2) is 98.6 Å². The molecule has 13 nitrogen and oxygen atoms in total. The Bertz CT molecular complexity index is 1560. The highest BCUT2D eigenvalue weighted by atomic mass is 16.3. The Labute approximate surface area is 279 Å². The molecule has 0 unspecified atom stereocenters. The van der Waals surface area contributed by atoms with Gasteiger partial charge in [0.2, 0.25) is 29.5 Å². The molecular formula is C35H42N6O7. The number of nitrogens with zero attached hydrogens (tertiary/aromatic N) is 4. The number of phenolic OH excluding ortho intramolecular Hbond substituents is 2. The fourth-order valence-corrected chi connectivity index (χ4v) is 5.12. The lowest BCUT2D eigenvalue weighted by molar-refractivity contribution is -0.147. The van der Waals surface area contributed by atoms with Crippen LogP contribution < -0.4 is 11.5 Å². The SMILES string of the molecule is NCC(=O)N(CC(=O)N(CC(=O)N(CC(=O)N(CC(N)=O)Cc1ccccc1)Cc1ccc(O)cc1)Cc1ccc(O)cc1)CC1CC1. The molecule has 6 N–H and O–H groups in total. The lowest BCUT2D eigenvalue weighted by Gasteiger charge is -2.31. The number of nitrogens with two attached hydrogens (primary N) is 2. The van der Waals surface area contributed by atoms with Crippen molar-refractivity contribution >= 4 is 29.5 Å². The van der Waals surface area contributed by atoms with E-state index in [1.165, 1.54) is 43.9 Å². The molecule has 0 heterocycles. The molecule has 1 aliphatic rings. The third-order valence-electron chi connectivity index (χ3n) is 7.92. The molecule has 0 aromatic heterocycles. The van der Waals surface area contributed by atoms with Gasteiger partial charge in [0.15, 0.2) is 0 Å². The summed E-state index contributed by atoms with van der Waals surface area (Å²) in [7, 11) is 0. The largest absolute Gasteiger partial charge is 0.508 e. The quantitative estimate of drug-likeness (QED) is 0.166. The highest BCUT2D eigenvalue weighted by Gasteiger charge is 2.30. The van der Waals surface area contributed by atoms with Crippen LogP contribution in [0.1, 0.15) is 29.5 Å². The molecule has 0 aliphatic heterocycles. The van der Waals surface area contributed by atoms with Gasteiger partial charge < -0.3 is 41.3 Å². The first kappa shape index (κ1) is 35.4. The fourth-order valence-electron chi connectivity index (χ4n) is 5.12. The summed E-state index contributed by atoms with van der Waals surface area (Å²) in [6.45, 7) is -1.35. The molecular weight excluding hydrogens is 616 g/mol. The Kier molecular flexibility index (Phi) is 12.5. The summed E-state index contributed by atoms with van der Waals surface area (Å²) in [6, 6.07) is 21.3. The zero-order valence-electron chi connectivity index (χ0n) is 26.7. The summed E-state index contributed by atoms with van der Waals surface area (Å²) in [4.78, 5) is 71.3. The Morgan fingerprint density at radius 2 is 0.958 bits per heavy atom. The van der Waals surface area contributed by atoms with Crippen LogP contribution in [0.2, 0.25) is 0 Å². The summed E-state index contributed by atoms with van der Waals surface area (Å²) < 4.78 is 0. The predicted octanol–water partition coefficient (Wildman–Crippen LogP) is 1.17. The number of amides is 5. The number of carbonyl (C=O) groups is 5. The smallest absolute Gasteiger partial charge is 0.242 e. The average Bonchev–Trinajstić information content (AvgIpc) is 3.89. The van der Waals surface area contributed by atoms with Crippen LogP contribution in [0, 0.1) is 5.92 Å². The number of carbonyl (C=O) groups excluding carboxylic acids is 5. The van der Waals surface area contributed by atoms with Crippen LogP contribution in [-0.2, 0) is 43.6 Å². The molecule has 5 amide bonds. The van der Waals surface area contributed by atoms with Gasteiger partial charge in [0.05, 0.1) is 19.6 Å². The maximum absolute atomic E-state index is 14.1. The molecule has 4 rings (SSSR count). The van der Waals surface area contributed by atoms with E-state index < -0.39 is 36.7 Å². The van der Waals surface area contributed by atoms with E-state index in [1.807, 2.05) is 6.07 Å². The predicted molar refractivity (Wildman–Crippen MR) is 176 cm³/mol. The van der Waals surface area contributed by atoms with Crippen molar-refractivity contribution in [3.05, 3.63) is 95.6 Å². The summed E-state index contributed by atoms with van der Waals surface area (Å²) in [5.41, 5.74) is 13.1. The Morgan fingerprint density at radius 3 is 1.35 bits per heavy atom. The van der Waals surface area contributed by atoms with E-state index in [4.69, 9.17) is 11.5 Å². The van der Waals surface area contributed by atoms with Crippen molar-refractivity contribution in [1.82, 2.24) is 19.6 Å². The molecule has 0 spiro atoms. The van der Waals surface area contributed by atoms with Gasteiger partial charge in [-0.15, -0.1) is 0 Å². The zero-order chi connectivity index (χ0) is 34.6. The van der Waals surface area contributed by atoms with Gasteiger partial charge in [-0.1, -0.05) is 54.6 Å². The molecule has 0 saturated heterocycles. The molecule has 0 atom stereocenters. The van der Waals surface area contributed by atoms with Gasteiger partial charge in [0.25, 0.3) is 0 Å². The first-order valence-corrected chi connectivity index (χ1v) is 15.7. The van der Waals surface area contributed by atoms with Gasteiger partial charge in [-0.2, -0.15) is 0 Å². The number of rotatable bonds is 17. The number of hydrogen-bond acceptors (Lipinski definition) is 8. The molecule has 0 bridgehead atoms. The van der Waals surface area contributed by atoms with Crippen molar-refractivity contribution in [1.29, 1.82) is 0 Å². The minimum atomic E-state index is -0.718. The second-order valence-corrected chi connectivity index (χ2v) is 12.0. The van der Waals surface area contributed by atoms with E-state index in [9.17, 15) is 34.2 Å². The number of aromatic hydroxyl groups is 2. The number of phenols is 2. The van der Waals surface area contributed by atoms with Crippen molar-refractivity contribution in [2.45, 2.75) is 32.5 Å². The molecule has 13 heteroatoms. The van der Waals surface area contributed by atoms with Gasteiger partial charge in [-0.05, 0) is 59.7 Å². The lowest BCUT2D eigenvalue weighted by Crippen LogP contribution is -2.50. The van der Waals surface area contributed by atoms with Crippen molar-refractivity contribution < 1.29 is 34.2 Å². The fraction of sp³-hybridized carbons (Fsp3) is 0.343. The minimum absolute atomic E-state index is 0.0122. The van der Waals surface area contributed by atoms with Crippen LogP contribution in [0.5, 0.6) is 11.5 Å². The van der Waals surface area contributed by atoms with Crippen molar-refractivity contribution in [2.75, 3.05) is 39.3 Å². The molecule has 254 valence electrons. The third-order valence-corrected chi connectivity index (χ3v) is 7.92. The Morgan fingerprint density at radius 1 is 0.562 bits per heavy atom. The van der Waals surface area contributed by atoms with Crippen molar-refractivity contribution in [3.8, 4) is 11.5 Å². The highest BCUT2D eigenvalue weighted by molar-refractivity contribution is 5.91. The molecule has 3 aromatic rings. The lowest BCUT2D eigenvalue weighted by atomic mass is 10.1. The summed E-state index contributed by atoms with van der Waals surface area (Å²) in [6.07, 6.45) is 1.91. The first-order valence-electron chi connectivity index (χ1n) is 15.7. The zero-order valence-corrected chi connectivity index (χ0v) is 26.7. The first-order chi connectivity index (χ1) is 23.0. The second kappa shape index (κ2) is 16.9. The molecule has 0 radical (unpaired) electrons. The van der Waals surface area contributed by atoms with E-state index in [1.54, 1.807) is 48.5 Å². The average molecular weight is 659 g/mol. The van der Waals surface area contributed by atoms with E-state index in [-0.39, 0.29) is 56.7 Å². The highest BCUT2D eigenvalue weighted by Crippen LogP contribution is 2.29. The van der Waals surface area contributed by atoms with Gasteiger partial charge >= 0.3 is 0 Å². The van der Waals surface area contributed by atoms with Gasteiger partial charge in [-0.25, -0.2) is 0 Å². The molecule has 48 heavy (non-hydrogen) atoms. The molecule has 1 aliphatic carbocycles. The van der Waals surface area contributed by atoms with Crippen LogP contribution in [0.4, 0.5) is 0 Å². The van der Waals surface area contributed by atoms with E-state index in [2.05, 4.69) is 0 Å². The van der Waals surface area contributed by atoms with Crippen LogP contribution in [0.25, 0.3) is 0 Å². The number of hydrogen-bond donors (Lipinski definition) is 4. The minimum Gasteiger partial charge on any atom is -0.508 e. The van der Waals surface area contributed by atoms with Crippen molar-refractivity contribution in [3.63, 3.8) is 0 Å². The summed E-state index contributed by atoms with van der Waals surface area (Å²) in [5, 5.41) is 19.6. The van der Waals surface area contributed by atoms with Gasteiger partial charge in [0, 0.05) is 26.2 Å². The second-order valence-electron chi connectivity index (χ2n) is 12.0. The van der Waals surface area contributed by atoms with Crippen LogP contribution >= 0.6 is 0 Å². The van der Waals surface area contributed by atoms with Crippen LogP contribution in [0.15, 0.2) is 78.9 Å². The standard InChI is InChI=1S/C35H42N6O7/c36-16-32(45)39(18-26-6-7-26)22-34(47)41(20-28-10-14-30(43)15-11-28)24-35(48)40(19-27-8-12-29(42)13-9-27)23-33(46)38(21-31(37)44)17-25-4-2-1-3-5-25/h1-5,8-15,26,42-43H,6-7,16-24,36H2,(H2,37,44).